The van der Waals surface area contributed by atoms with Gasteiger partial charge in [-0.25, -0.2) is 0 Å². The van der Waals surface area contributed by atoms with E-state index in [0.717, 1.165) is 77.0 Å². The highest BCUT2D eigenvalue weighted by atomic mass is 16.3. The van der Waals surface area contributed by atoms with Crippen LogP contribution >= 0.6 is 0 Å². The molecule has 0 aromatic rings. The average Bonchev–Trinajstić information content (AvgIpc) is 3.79. The van der Waals surface area contributed by atoms with Crippen molar-refractivity contribution in [3.05, 3.63) is 0 Å². The standard InChI is InChI=1S/C52H86N2O6/c1-31(39-13-15-41-37-11-9-33-27-35(55)19-21-49(33,3)43(37)29-45(57)51(39,41)5)7-17-47(59)53-23-25-54(26-24-53)48(60)18-8-32(2)40-14-16-42-38-12-10-34-28-36(56)20-22-50(34,4)44(38)30-46(58)52(40,42)6/h31-46,55-58H,7-30H2,1-6H3/t31?,32?,33-,34+,35-,36+,37+,38-,39-,40+,41+,42-,43+,44-,45+,46-,49+,50-,51-,52+. The lowest BCUT2D eigenvalue weighted by Gasteiger charge is -2.62. The SMILES string of the molecule is CC(CCC(=O)N1CCN(C(=O)CCC(C)[C@@H]2CC[C@@H]3[C@H]4CC[C@H]5C[C@@H](O)CC[C@@]5(C)[C@@H]4C[C@@H](O)[C@]32C)CC1)[C@H]1CC[C@H]2[C@@H]3CC[C@@H]4C[C@H](O)CC[C@]4(C)[C@H]3C[C@H](O)[C@]12C. The summed E-state index contributed by atoms with van der Waals surface area (Å²) in [6, 6.07) is 0. The molecule has 4 N–H and O–H groups in total. The summed E-state index contributed by atoms with van der Waals surface area (Å²) in [7, 11) is 0. The number of carbonyl (C=O) groups is 2. The number of aliphatic hydroxyl groups is 4. The second-order valence-electron chi connectivity index (χ2n) is 24.6. The molecule has 1 heterocycles. The van der Waals surface area contributed by atoms with Gasteiger partial charge >= 0.3 is 0 Å². The van der Waals surface area contributed by atoms with Crippen molar-refractivity contribution in [3.8, 4) is 0 Å². The molecule has 9 aliphatic rings. The molecule has 0 spiro atoms. The first-order chi connectivity index (χ1) is 28.5. The lowest BCUT2D eigenvalue weighted by molar-refractivity contribution is -0.175. The van der Waals surface area contributed by atoms with Crippen molar-refractivity contribution in [2.75, 3.05) is 26.2 Å². The molecule has 2 unspecified atom stereocenters. The number of rotatable bonds is 8. The fourth-order valence-corrected chi connectivity index (χ4v) is 18.9. The van der Waals surface area contributed by atoms with E-state index in [1.54, 1.807) is 0 Å². The molecule has 8 heteroatoms. The molecule has 340 valence electrons. The van der Waals surface area contributed by atoms with Crippen LogP contribution in [-0.4, -0.2) is 92.6 Å². The molecule has 1 aliphatic heterocycles. The molecule has 9 fully saturated rings. The Morgan fingerprint density at radius 2 is 0.900 bits per heavy atom. The van der Waals surface area contributed by atoms with E-state index in [0.29, 0.717) is 110 Å². The van der Waals surface area contributed by atoms with Crippen molar-refractivity contribution in [2.45, 2.75) is 194 Å². The van der Waals surface area contributed by atoms with Crippen molar-refractivity contribution in [1.29, 1.82) is 0 Å². The van der Waals surface area contributed by atoms with Crippen molar-refractivity contribution < 1.29 is 30.0 Å². The zero-order valence-corrected chi connectivity index (χ0v) is 38.7. The molecular weight excluding hydrogens is 749 g/mol. The second-order valence-corrected chi connectivity index (χ2v) is 24.6. The fourth-order valence-electron chi connectivity index (χ4n) is 18.9. The monoisotopic (exact) mass is 835 g/mol. The molecule has 8 nitrogen and oxygen atoms in total. The summed E-state index contributed by atoms with van der Waals surface area (Å²) in [6.07, 6.45) is 19.3. The Hall–Kier alpha value is -1.22. The predicted octanol–water partition coefficient (Wildman–Crippen LogP) is 8.47. The van der Waals surface area contributed by atoms with Crippen LogP contribution in [0.4, 0.5) is 0 Å². The third kappa shape index (κ3) is 7.01. The topological polar surface area (TPSA) is 122 Å². The van der Waals surface area contributed by atoms with E-state index in [1.165, 1.54) is 38.5 Å². The van der Waals surface area contributed by atoms with Crippen molar-refractivity contribution >= 4 is 11.8 Å². The highest BCUT2D eigenvalue weighted by molar-refractivity contribution is 5.78. The summed E-state index contributed by atoms with van der Waals surface area (Å²) in [5.41, 5.74) is 0.324. The van der Waals surface area contributed by atoms with Crippen LogP contribution in [0.15, 0.2) is 0 Å². The normalized spacial score (nSPS) is 51.0. The van der Waals surface area contributed by atoms with Gasteiger partial charge in [0.2, 0.25) is 11.8 Å². The van der Waals surface area contributed by atoms with Crippen LogP contribution in [0, 0.1) is 92.7 Å². The van der Waals surface area contributed by atoms with Crippen molar-refractivity contribution in [3.63, 3.8) is 0 Å². The molecule has 0 radical (unpaired) electrons. The maximum Gasteiger partial charge on any atom is 0.222 e. The summed E-state index contributed by atoms with van der Waals surface area (Å²) < 4.78 is 0. The van der Waals surface area contributed by atoms with E-state index in [4.69, 9.17) is 0 Å². The number of fused-ring (bicyclic) bond motifs is 10. The summed E-state index contributed by atoms with van der Waals surface area (Å²) in [4.78, 5) is 31.3. The van der Waals surface area contributed by atoms with Gasteiger partial charge in [0.05, 0.1) is 24.4 Å². The van der Waals surface area contributed by atoms with Gasteiger partial charge in [-0.15, -0.1) is 0 Å². The Balaban J connectivity index is 0.731. The molecule has 8 saturated carbocycles. The van der Waals surface area contributed by atoms with Gasteiger partial charge in [-0.05, 0) is 208 Å². The van der Waals surface area contributed by atoms with Crippen molar-refractivity contribution in [2.24, 2.45) is 92.7 Å². The summed E-state index contributed by atoms with van der Waals surface area (Å²) in [5.74, 6) is 6.85. The van der Waals surface area contributed by atoms with E-state index in [2.05, 4.69) is 41.5 Å². The van der Waals surface area contributed by atoms with Gasteiger partial charge in [0.15, 0.2) is 0 Å². The molecule has 8 aliphatic carbocycles. The van der Waals surface area contributed by atoms with Crippen LogP contribution in [0.2, 0.25) is 0 Å². The molecule has 9 rings (SSSR count). The molecule has 0 aromatic heterocycles. The van der Waals surface area contributed by atoms with Crippen LogP contribution < -0.4 is 0 Å². The van der Waals surface area contributed by atoms with Gasteiger partial charge in [0.25, 0.3) is 0 Å². The minimum atomic E-state index is -0.294. The first-order valence-corrected chi connectivity index (χ1v) is 25.8. The van der Waals surface area contributed by atoms with E-state index < -0.39 is 0 Å². The number of amides is 2. The Morgan fingerprint density at radius 1 is 0.517 bits per heavy atom. The minimum Gasteiger partial charge on any atom is -0.393 e. The van der Waals surface area contributed by atoms with Gasteiger partial charge in [-0.1, -0.05) is 41.5 Å². The first-order valence-electron chi connectivity index (χ1n) is 25.8. The zero-order valence-electron chi connectivity index (χ0n) is 38.7. The number of aliphatic hydroxyl groups excluding tert-OH is 4. The minimum absolute atomic E-state index is 0.0838. The number of piperazine rings is 1. The van der Waals surface area contributed by atoms with Crippen LogP contribution in [0.25, 0.3) is 0 Å². The van der Waals surface area contributed by atoms with E-state index in [9.17, 15) is 30.0 Å². The van der Waals surface area contributed by atoms with Gasteiger partial charge in [-0.2, -0.15) is 0 Å². The highest BCUT2D eigenvalue weighted by Crippen LogP contribution is 2.70. The van der Waals surface area contributed by atoms with E-state index in [1.807, 2.05) is 9.80 Å². The van der Waals surface area contributed by atoms with Gasteiger partial charge in [0.1, 0.15) is 0 Å². The van der Waals surface area contributed by atoms with Crippen LogP contribution in [0.5, 0.6) is 0 Å². The Morgan fingerprint density at radius 3 is 1.28 bits per heavy atom. The Kier molecular flexibility index (Phi) is 12.0. The maximum absolute atomic E-state index is 13.6. The number of carbonyl (C=O) groups excluding carboxylic acids is 2. The fraction of sp³-hybridized carbons (Fsp3) is 0.962. The van der Waals surface area contributed by atoms with Gasteiger partial charge in [-0.3, -0.25) is 9.59 Å². The molecule has 1 saturated heterocycles. The third-order valence-electron chi connectivity index (χ3n) is 22.6. The van der Waals surface area contributed by atoms with Gasteiger partial charge in [0, 0.05) is 39.0 Å². The van der Waals surface area contributed by atoms with Crippen LogP contribution in [0.1, 0.15) is 170 Å². The summed E-state index contributed by atoms with van der Waals surface area (Å²) in [6.45, 7) is 16.9. The molecule has 20 atom stereocenters. The molecule has 0 bridgehead atoms. The summed E-state index contributed by atoms with van der Waals surface area (Å²) >= 11 is 0. The zero-order chi connectivity index (χ0) is 42.5. The quantitative estimate of drug-likeness (QED) is 0.195. The smallest absolute Gasteiger partial charge is 0.222 e. The lowest BCUT2D eigenvalue weighted by atomic mass is 9.43. The number of hydrogen-bond acceptors (Lipinski definition) is 6. The largest absolute Gasteiger partial charge is 0.393 e. The van der Waals surface area contributed by atoms with E-state index in [-0.39, 0.29) is 57.9 Å². The first kappa shape index (κ1) is 44.0. The molecule has 60 heavy (non-hydrogen) atoms. The van der Waals surface area contributed by atoms with Crippen LogP contribution in [-0.2, 0) is 9.59 Å². The van der Waals surface area contributed by atoms with Crippen molar-refractivity contribution in [1.82, 2.24) is 9.80 Å². The second kappa shape index (κ2) is 16.3. The number of nitrogens with zero attached hydrogens (tertiary/aromatic N) is 2. The predicted molar refractivity (Wildman–Crippen MR) is 235 cm³/mol. The van der Waals surface area contributed by atoms with E-state index >= 15 is 0 Å². The molecular formula is C52H86N2O6. The van der Waals surface area contributed by atoms with Gasteiger partial charge < -0.3 is 30.2 Å². The third-order valence-corrected chi connectivity index (χ3v) is 22.6. The lowest BCUT2D eigenvalue weighted by Crippen LogP contribution is -2.58. The Bertz CT molecular complexity index is 1470. The number of hydrogen-bond donors (Lipinski definition) is 4. The Labute approximate surface area is 363 Å². The van der Waals surface area contributed by atoms with Crippen LogP contribution in [0.3, 0.4) is 0 Å². The highest BCUT2D eigenvalue weighted by Gasteiger charge is 2.65. The summed E-state index contributed by atoms with van der Waals surface area (Å²) in [5, 5.41) is 44.9. The molecule has 0 aromatic carbocycles. The average molecular weight is 835 g/mol. The maximum atomic E-state index is 13.6. The molecule has 2 amide bonds.